The molecular weight excluding hydrogens is 216 g/mol. The molecule has 0 saturated heterocycles. The molecule has 1 aliphatic rings. The quantitative estimate of drug-likeness (QED) is 0.862. The van der Waals surface area contributed by atoms with Crippen LogP contribution in [0.2, 0.25) is 0 Å². The van der Waals surface area contributed by atoms with Gasteiger partial charge in [-0.2, -0.15) is 5.26 Å². The Hall–Kier alpha value is -2.02. The topological polar surface area (TPSA) is 62.1 Å². The monoisotopic (exact) mass is 230 g/mol. The number of anilines is 1. The van der Waals surface area contributed by atoms with Gasteiger partial charge in [-0.05, 0) is 36.6 Å². The normalized spacial score (nSPS) is 21.4. The highest BCUT2D eigenvalue weighted by atomic mass is 16.5. The van der Waals surface area contributed by atoms with E-state index in [9.17, 15) is 4.79 Å². The van der Waals surface area contributed by atoms with Gasteiger partial charge in [-0.25, -0.2) is 0 Å². The van der Waals surface area contributed by atoms with Crippen molar-refractivity contribution < 1.29 is 9.53 Å². The molecule has 17 heavy (non-hydrogen) atoms. The van der Waals surface area contributed by atoms with Crippen LogP contribution >= 0.6 is 0 Å². The maximum absolute atomic E-state index is 11.7. The van der Waals surface area contributed by atoms with Gasteiger partial charge in [0.1, 0.15) is 11.8 Å². The maximum Gasteiger partial charge on any atom is 0.227 e. The third-order valence-corrected chi connectivity index (χ3v) is 2.87. The molecule has 4 nitrogen and oxygen atoms in total. The zero-order valence-electron chi connectivity index (χ0n) is 9.64. The minimum absolute atomic E-state index is 0.0330. The van der Waals surface area contributed by atoms with Gasteiger partial charge in [0, 0.05) is 11.6 Å². The summed E-state index contributed by atoms with van der Waals surface area (Å²) in [7, 11) is 0. The summed E-state index contributed by atoms with van der Waals surface area (Å²) in [6.07, 6.45) is 0.981. The van der Waals surface area contributed by atoms with Gasteiger partial charge in [-0.3, -0.25) is 4.79 Å². The lowest BCUT2D eigenvalue weighted by Gasteiger charge is -2.06. The third-order valence-electron chi connectivity index (χ3n) is 2.87. The number of nitrogens with one attached hydrogen (secondary N) is 1. The fourth-order valence-electron chi connectivity index (χ4n) is 1.67. The van der Waals surface area contributed by atoms with Crippen LogP contribution in [0.4, 0.5) is 5.69 Å². The van der Waals surface area contributed by atoms with Gasteiger partial charge < -0.3 is 10.1 Å². The first-order chi connectivity index (χ1) is 8.20. The van der Waals surface area contributed by atoms with E-state index in [1.54, 1.807) is 24.3 Å². The number of ether oxygens (including phenoxy) is 1. The predicted molar refractivity (Wildman–Crippen MR) is 63.5 cm³/mol. The Kier molecular flexibility index (Phi) is 3.29. The molecule has 2 atom stereocenters. The molecule has 2 unspecified atom stereocenters. The summed E-state index contributed by atoms with van der Waals surface area (Å²) in [6, 6.07) is 8.93. The van der Waals surface area contributed by atoms with Gasteiger partial charge in [0.15, 0.2) is 6.61 Å². The number of carbonyl (C=O) groups excluding carboxylic acids is 1. The molecule has 2 rings (SSSR count). The maximum atomic E-state index is 11.7. The molecule has 4 heteroatoms. The second kappa shape index (κ2) is 4.88. The molecule has 1 aromatic carbocycles. The molecular formula is C13H14N2O2. The lowest BCUT2D eigenvalue weighted by Crippen LogP contribution is -2.14. The fraction of sp³-hybridized carbons (Fsp3) is 0.385. The molecule has 0 aromatic heterocycles. The van der Waals surface area contributed by atoms with E-state index in [2.05, 4.69) is 12.2 Å². The Labute approximate surface area is 100 Å². The highest BCUT2D eigenvalue weighted by Gasteiger charge is 2.38. The summed E-state index contributed by atoms with van der Waals surface area (Å²) in [4.78, 5) is 11.7. The zero-order chi connectivity index (χ0) is 12.3. The minimum atomic E-state index is 0.0330. The molecule has 0 radical (unpaired) electrons. The van der Waals surface area contributed by atoms with Crippen LogP contribution in [0.1, 0.15) is 13.3 Å². The summed E-state index contributed by atoms with van der Waals surface area (Å²) in [6.45, 7) is 2.11. The summed E-state index contributed by atoms with van der Waals surface area (Å²) < 4.78 is 5.12. The molecule has 88 valence electrons. The number of hydrogen-bond acceptors (Lipinski definition) is 3. The Morgan fingerprint density at radius 1 is 1.53 bits per heavy atom. The SMILES string of the molecule is CC1CC1C(=O)Nc1ccc(OCC#N)cc1. The van der Waals surface area contributed by atoms with Crippen LogP contribution in [-0.4, -0.2) is 12.5 Å². The molecule has 1 amide bonds. The number of amides is 1. The highest BCUT2D eigenvalue weighted by Crippen LogP contribution is 2.38. The van der Waals surface area contributed by atoms with Crippen LogP contribution in [0.3, 0.4) is 0 Å². The van der Waals surface area contributed by atoms with Crippen molar-refractivity contribution >= 4 is 11.6 Å². The summed E-state index contributed by atoms with van der Waals surface area (Å²) in [5.74, 6) is 1.39. The first-order valence-electron chi connectivity index (χ1n) is 5.61. The van der Waals surface area contributed by atoms with Crippen LogP contribution in [0.5, 0.6) is 5.75 Å². The minimum Gasteiger partial charge on any atom is -0.479 e. The van der Waals surface area contributed by atoms with Crippen molar-refractivity contribution in [2.75, 3.05) is 11.9 Å². The second-order valence-corrected chi connectivity index (χ2v) is 4.28. The van der Waals surface area contributed by atoms with Gasteiger partial charge in [-0.1, -0.05) is 6.92 Å². The Balaban J connectivity index is 1.89. The molecule has 1 fully saturated rings. The van der Waals surface area contributed by atoms with E-state index in [0.717, 1.165) is 12.1 Å². The van der Waals surface area contributed by atoms with Crippen molar-refractivity contribution in [1.82, 2.24) is 0 Å². The average molecular weight is 230 g/mol. The number of hydrogen-bond donors (Lipinski definition) is 1. The standard InChI is InChI=1S/C13H14N2O2/c1-9-8-12(9)13(16)15-10-2-4-11(5-3-10)17-7-6-14/h2-5,9,12H,7-8H2,1H3,(H,15,16). The van der Waals surface area contributed by atoms with Crippen LogP contribution < -0.4 is 10.1 Å². The van der Waals surface area contributed by atoms with Crippen molar-refractivity contribution in [2.45, 2.75) is 13.3 Å². The van der Waals surface area contributed by atoms with E-state index in [0.29, 0.717) is 11.7 Å². The first-order valence-corrected chi connectivity index (χ1v) is 5.61. The number of rotatable bonds is 4. The summed E-state index contributed by atoms with van der Waals surface area (Å²) in [5, 5.41) is 11.2. The largest absolute Gasteiger partial charge is 0.479 e. The van der Waals surface area contributed by atoms with E-state index >= 15 is 0 Å². The van der Waals surface area contributed by atoms with E-state index in [4.69, 9.17) is 10.00 Å². The first kappa shape index (κ1) is 11.5. The number of benzene rings is 1. The third kappa shape index (κ3) is 2.97. The molecule has 1 saturated carbocycles. The lowest BCUT2D eigenvalue weighted by atomic mass is 10.2. The molecule has 1 aliphatic carbocycles. The second-order valence-electron chi connectivity index (χ2n) is 4.28. The smallest absolute Gasteiger partial charge is 0.227 e. The van der Waals surface area contributed by atoms with Gasteiger partial charge in [0.25, 0.3) is 0 Å². The van der Waals surface area contributed by atoms with Gasteiger partial charge in [-0.15, -0.1) is 0 Å². The van der Waals surface area contributed by atoms with Crippen LogP contribution in [0.25, 0.3) is 0 Å². The van der Waals surface area contributed by atoms with E-state index in [1.807, 2.05) is 6.07 Å². The molecule has 1 aromatic rings. The Morgan fingerprint density at radius 3 is 2.71 bits per heavy atom. The van der Waals surface area contributed by atoms with Crippen molar-refractivity contribution in [3.05, 3.63) is 24.3 Å². The molecule has 0 heterocycles. The van der Waals surface area contributed by atoms with Crippen LogP contribution in [0, 0.1) is 23.2 Å². The number of carbonyl (C=O) groups is 1. The molecule has 0 bridgehead atoms. The average Bonchev–Trinajstić information content (AvgIpc) is 3.06. The van der Waals surface area contributed by atoms with Gasteiger partial charge in [0.2, 0.25) is 5.91 Å². The summed E-state index contributed by atoms with van der Waals surface area (Å²) >= 11 is 0. The van der Waals surface area contributed by atoms with E-state index in [1.165, 1.54) is 0 Å². The summed E-state index contributed by atoms with van der Waals surface area (Å²) in [5.41, 5.74) is 0.762. The molecule has 1 N–H and O–H groups in total. The zero-order valence-corrected chi connectivity index (χ0v) is 9.64. The highest BCUT2D eigenvalue weighted by molar-refractivity contribution is 5.94. The number of nitriles is 1. The van der Waals surface area contributed by atoms with Crippen molar-refractivity contribution in [3.8, 4) is 11.8 Å². The van der Waals surface area contributed by atoms with Crippen LogP contribution in [-0.2, 0) is 4.79 Å². The predicted octanol–water partition coefficient (Wildman–Crippen LogP) is 2.18. The van der Waals surface area contributed by atoms with Gasteiger partial charge >= 0.3 is 0 Å². The van der Waals surface area contributed by atoms with Crippen molar-refractivity contribution in [1.29, 1.82) is 5.26 Å². The van der Waals surface area contributed by atoms with Crippen LogP contribution in [0.15, 0.2) is 24.3 Å². The Bertz CT molecular complexity index is 447. The van der Waals surface area contributed by atoms with Crippen molar-refractivity contribution in [2.24, 2.45) is 11.8 Å². The molecule has 0 aliphatic heterocycles. The van der Waals surface area contributed by atoms with E-state index in [-0.39, 0.29) is 18.4 Å². The Morgan fingerprint density at radius 2 is 2.18 bits per heavy atom. The van der Waals surface area contributed by atoms with E-state index < -0.39 is 0 Å². The van der Waals surface area contributed by atoms with Crippen molar-refractivity contribution in [3.63, 3.8) is 0 Å². The fourth-order valence-corrected chi connectivity index (χ4v) is 1.67. The van der Waals surface area contributed by atoms with Gasteiger partial charge in [0.05, 0.1) is 0 Å². The molecule has 0 spiro atoms. The lowest BCUT2D eigenvalue weighted by molar-refractivity contribution is -0.117. The number of nitrogens with zero attached hydrogens (tertiary/aromatic N) is 1.